The molecule has 3 aromatic carbocycles. The molecule has 3 rings (SSSR count). The van der Waals surface area contributed by atoms with Gasteiger partial charge in [0, 0.05) is 21.6 Å². The number of nitrogens with zero attached hydrogens (tertiary/aromatic N) is 1. The predicted molar refractivity (Wildman–Crippen MR) is 122 cm³/mol. The SMILES string of the molecule is Cc1cccc(NC(=O)/C(C#N)=C/c2ccc(Cc3ccccc3Cl)c(Br)c2)c1. The molecule has 0 unspecified atom stereocenters. The third kappa shape index (κ3) is 5.57. The van der Waals surface area contributed by atoms with E-state index in [-0.39, 0.29) is 5.57 Å². The molecule has 0 aromatic heterocycles. The molecule has 0 bridgehead atoms. The first-order chi connectivity index (χ1) is 14.0. The average Bonchev–Trinajstić information content (AvgIpc) is 2.69. The Balaban J connectivity index is 1.79. The molecule has 0 saturated heterocycles. The van der Waals surface area contributed by atoms with Gasteiger partial charge in [-0.2, -0.15) is 5.26 Å². The zero-order valence-corrected chi connectivity index (χ0v) is 18.1. The van der Waals surface area contributed by atoms with Gasteiger partial charge in [-0.15, -0.1) is 0 Å². The van der Waals surface area contributed by atoms with Crippen molar-refractivity contribution in [3.63, 3.8) is 0 Å². The molecular formula is C24H18BrClN2O. The molecule has 0 radical (unpaired) electrons. The zero-order valence-electron chi connectivity index (χ0n) is 15.7. The lowest BCUT2D eigenvalue weighted by molar-refractivity contribution is -0.112. The van der Waals surface area contributed by atoms with Gasteiger partial charge < -0.3 is 5.32 Å². The van der Waals surface area contributed by atoms with Gasteiger partial charge in [0.05, 0.1) is 0 Å². The van der Waals surface area contributed by atoms with Gasteiger partial charge >= 0.3 is 0 Å². The molecule has 0 aliphatic carbocycles. The normalized spacial score (nSPS) is 11.0. The lowest BCUT2D eigenvalue weighted by Crippen LogP contribution is -2.13. The molecule has 3 aromatic rings. The molecule has 0 aliphatic heterocycles. The number of hydrogen-bond donors (Lipinski definition) is 1. The van der Waals surface area contributed by atoms with Crippen LogP contribution in [0.4, 0.5) is 5.69 Å². The lowest BCUT2D eigenvalue weighted by atomic mass is 10.0. The molecule has 0 fully saturated rings. The molecule has 3 nitrogen and oxygen atoms in total. The first-order valence-electron chi connectivity index (χ1n) is 8.98. The largest absolute Gasteiger partial charge is 0.321 e. The van der Waals surface area contributed by atoms with E-state index in [1.54, 1.807) is 12.1 Å². The third-order valence-corrected chi connectivity index (χ3v) is 5.47. The summed E-state index contributed by atoms with van der Waals surface area (Å²) in [6.45, 7) is 1.94. The van der Waals surface area contributed by atoms with Crippen LogP contribution in [0.3, 0.4) is 0 Å². The highest BCUT2D eigenvalue weighted by molar-refractivity contribution is 9.10. The molecule has 29 heavy (non-hydrogen) atoms. The predicted octanol–water partition coefficient (Wildman–Crippen LogP) is 6.55. The fraction of sp³-hybridized carbons (Fsp3) is 0.0833. The van der Waals surface area contributed by atoms with Gasteiger partial charge in [0.1, 0.15) is 11.6 Å². The number of anilines is 1. The van der Waals surface area contributed by atoms with E-state index >= 15 is 0 Å². The number of amides is 1. The quantitative estimate of drug-likeness (QED) is 0.343. The summed E-state index contributed by atoms with van der Waals surface area (Å²) in [6.07, 6.45) is 2.26. The van der Waals surface area contributed by atoms with E-state index in [1.165, 1.54) is 0 Å². The molecule has 0 saturated carbocycles. The molecular weight excluding hydrogens is 448 g/mol. The molecule has 1 N–H and O–H groups in total. The standard InChI is InChI=1S/C24H18BrClN2O/c1-16-5-4-7-21(11-16)28-24(29)20(15-27)12-17-9-10-18(22(25)13-17)14-19-6-2-3-8-23(19)26/h2-13H,14H2,1H3,(H,28,29)/b20-12+. The van der Waals surface area contributed by atoms with Crippen molar-refractivity contribution < 1.29 is 4.79 Å². The van der Waals surface area contributed by atoms with Gasteiger partial charge in [-0.05, 0) is 59.5 Å². The van der Waals surface area contributed by atoms with Gasteiger partial charge in [0.25, 0.3) is 5.91 Å². The summed E-state index contributed by atoms with van der Waals surface area (Å²) < 4.78 is 0.891. The van der Waals surface area contributed by atoms with Crippen LogP contribution in [0.15, 0.2) is 76.8 Å². The minimum Gasteiger partial charge on any atom is -0.321 e. The van der Waals surface area contributed by atoms with Gasteiger partial charge in [0.2, 0.25) is 0 Å². The van der Waals surface area contributed by atoms with Crippen LogP contribution >= 0.6 is 27.5 Å². The molecule has 5 heteroatoms. The second-order valence-electron chi connectivity index (χ2n) is 6.61. The van der Waals surface area contributed by atoms with Crippen molar-refractivity contribution in [3.05, 3.63) is 104 Å². The number of carbonyl (C=O) groups excluding carboxylic acids is 1. The summed E-state index contributed by atoms with van der Waals surface area (Å²) in [4.78, 5) is 12.5. The van der Waals surface area contributed by atoms with Crippen molar-refractivity contribution in [2.45, 2.75) is 13.3 Å². The second-order valence-corrected chi connectivity index (χ2v) is 7.87. The van der Waals surface area contributed by atoms with E-state index in [1.807, 2.05) is 73.7 Å². The summed E-state index contributed by atoms with van der Waals surface area (Å²) in [5, 5.41) is 12.9. The van der Waals surface area contributed by atoms with E-state index < -0.39 is 5.91 Å². The van der Waals surface area contributed by atoms with E-state index in [9.17, 15) is 10.1 Å². The van der Waals surface area contributed by atoms with E-state index in [4.69, 9.17) is 11.6 Å². The smallest absolute Gasteiger partial charge is 0.266 e. The number of rotatable bonds is 5. The van der Waals surface area contributed by atoms with Crippen LogP contribution in [0, 0.1) is 18.3 Å². The van der Waals surface area contributed by atoms with Gasteiger partial charge in [-0.3, -0.25) is 4.79 Å². The number of halogens is 2. The summed E-state index contributed by atoms with van der Waals surface area (Å²) in [5.41, 5.74) is 4.59. The van der Waals surface area contributed by atoms with Crippen molar-refractivity contribution in [2.75, 3.05) is 5.32 Å². The average molecular weight is 466 g/mol. The van der Waals surface area contributed by atoms with Crippen LogP contribution in [0.5, 0.6) is 0 Å². The number of nitriles is 1. The maximum atomic E-state index is 12.5. The van der Waals surface area contributed by atoms with Crippen LogP contribution in [0.2, 0.25) is 5.02 Å². The topological polar surface area (TPSA) is 52.9 Å². The van der Waals surface area contributed by atoms with Gasteiger partial charge in [0.15, 0.2) is 0 Å². The Morgan fingerprint density at radius 1 is 1.10 bits per heavy atom. The van der Waals surface area contributed by atoms with Crippen molar-refractivity contribution in [1.29, 1.82) is 5.26 Å². The number of carbonyl (C=O) groups is 1. The Kier molecular flexibility index (Phi) is 6.87. The van der Waals surface area contributed by atoms with Gasteiger partial charge in [-0.25, -0.2) is 0 Å². The van der Waals surface area contributed by atoms with Gasteiger partial charge in [-0.1, -0.05) is 70.0 Å². The minimum absolute atomic E-state index is 0.0391. The third-order valence-electron chi connectivity index (χ3n) is 4.37. The lowest BCUT2D eigenvalue weighted by Gasteiger charge is -2.08. The highest BCUT2D eigenvalue weighted by Gasteiger charge is 2.11. The van der Waals surface area contributed by atoms with Crippen LogP contribution < -0.4 is 5.32 Å². The molecule has 144 valence electrons. The first kappa shape index (κ1) is 20.9. The van der Waals surface area contributed by atoms with E-state index in [0.717, 1.165) is 31.7 Å². The summed E-state index contributed by atoms with van der Waals surface area (Å²) >= 11 is 9.84. The van der Waals surface area contributed by atoms with Crippen LogP contribution in [0.25, 0.3) is 6.08 Å². The fourth-order valence-corrected chi connectivity index (χ4v) is 3.62. The van der Waals surface area contributed by atoms with Crippen LogP contribution in [0.1, 0.15) is 22.3 Å². The number of nitrogens with one attached hydrogen (secondary N) is 1. The maximum Gasteiger partial charge on any atom is 0.266 e. The Morgan fingerprint density at radius 3 is 2.59 bits per heavy atom. The Morgan fingerprint density at radius 2 is 1.90 bits per heavy atom. The number of hydrogen-bond acceptors (Lipinski definition) is 2. The zero-order chi connectivity index (χ0) is 20.8. The van der Waals surface area contributed by atoms with Crippen LogP contribution in [-0.4, -0.2) is 5.91 Å². The minimum atomic E-state index is -0.436. The van der Waals surface area contributed by atoms with Crippen molar-refractivity contribution in [2.24, 2.45) is 0 Å². The van der Waals surface area contributed by atoms with Crippen molar-refractivity contribution in [1.82, 2.24) is 0 Å². The summed E-state index contributed by atoms with van der Waals surface area (Å²) in [6, 6.07) is 22.9. The summed E-state index contributed by atoms with van der Waals surface area (Å²) in [5.74, 6) is -0.436. The monoisotopic (exact) mass is 464 g/mol. The number of aryl methyl sites for hydroxylation is 1. The Hall–Kier alpha value is -2.87. The van der Waals surface area contributed by atoms with Crippen molar-refractivity contribution in [3.8, 4) is 6.07 Å². The molecule has 0 atom stereocenters. The molecule has 0 heterocycles. The van der Waals surface area contributed by atoms with E-state index in [2.05, 4.69) is 21.2 Å². The molecule has 1 amide bonds. The van der Waals surface area contributed by atoms with Crippen molar-refractivity contribution >= 4 is 45.2 Å². The second kappa shape index (κ2) is 9.56. The highest BCUT2D eigenvalue weighted by Crippen LogP contribution is 2.26. The fourth-order valence-electron chi connectivity index (χ4n) is 2.88. The maximum absolute atomic E-state index is 12.5. The Bertz CT molecular complexity index is 1130. The molecule has 0 spiro atoms. The Labute approximate surface area is 183 Å². The molecule has 0 aliphatic rings. The summed E-state index contributed by atoms with van der Waals surface area (Å²) in [7, 11) is 0. The highest BCUT2D eigenvalue weighted by atomic mass is 79.9. The van der Waals surface area contributed by atoms with E-state index in [0.29, 0.717) is 12.1 Å². The first-order valence-corrected chi connectivity index (χ1v) is 10.1. The number of benzene rings is 3. The van der Waals surface area contributed by atoms with Crippen LogP contribution in [-0.2, 0) is 11.2 Å².